The lowest BCUT2D eigenvalue weighted by Crippen LogP contribution is -2.32. The summed E-state index contributed by atoms with van der Waals surface area (Å²) in [6.45, 7) is 6.35. The molecule has 152 valence electrons. The van der Waals surface area contributed by atoms with E-state index in [4.69, 9.17) is 8.83 Å². The van der Waals surface area contributed by atoms with Crippen molar-refractivity contribution >= 4 is 16.9 Å². The number of furan rings is 2. The van der Waals surface area contributed by atoms with Gasteiger partial charge in [0.15, 0.2) is 11.2 Å². The molecule has 0 saturated heterocycles. The molecule has 0 amide bonds. The van der Waals surface area contributed by atoms with Gasteiger partial charge in [-0.15, -0.1) is 0 Å². The van der Waals surface area contributed by atoms with E-state index in [0.29, 0.717) is 17.9 Å². The van der Waals surface area contributed by atoms with Crippen LogP contribution in [0.4, 0.5) is 0 Å². The molecule has 0 fully saturated rings. The summed E-state index contributed by atoms with van der Waals surface area (Å²) in [4.78, 5) is 24.0. The Morgan fingerprint density at radius 1 is 1.17 bits per heavy atom. The Hall–Kier alpha value is -3.54. The average molecular weight is 403 g/mol. The van der Waals surface area contributed by atoms with Gasteiger partial charge >= 0.3 is 5.97 Å². The molecule has 0 unspecified atom stereocenters. The van der Waals surface area contributed by atoms with Crippen LogP contribution in [-0.4, -0.2) is 15.6 Å². The van der Waals surface area contributed by atoms with Crippen molar-refractivity contribution in [1.29, 1.82) is 0 Å². The van der Waals surface area contributed by atoms with Crippen LogP contribution in [-0.2, 0) is 6.42 Å². The Balaban J connectivity index is 1.77. The highest BCUT2D eigenvalue weighted by Crippen LogP contribution is 2.46. The molecule has 0 bridgehead atoms. The van der Waals surface area contributed by atoms with E-state index in [1.807, 2.05) is 28.8 Å². The van der Waals surface area contributed by atoms with Crippen molar-refractivity contribution in [3.8, 4) is 22.6 Å². The zero-order valence-electron chi connectivity index (χ0n) is 16.9. The molecule has 0 spiro atoms. The number of nitrogens with zero attached hydrogens (tertiary/aromatic N) is 1. The maximum Gasteiger partial charge on any atom is 0.341 e. The molecule has 4 heterocycles. The van der Waals surface area contributed by atoms with Gasteiger partial charge in [0.25, 0.3) is 0 Å². The number of pyridine rings is 1. The monoisotopic (exact) mass is 403 g/mol. The van der Waals surface area contributed by atoms with E-state index in [2.05, 4.69) is 20.8 Å². The molecule has 1 aliphatic heterocycles. The lowest BCUT2D eigenvalue weighted by molar-refractivity contribution is 0.0693. The van der Waals surface area contributed by atoms with Gasteiger partial charge in [0.1, 0.15) is 11.1 Å². The first-order valence-corrected chi connectivity index (χ1v) is 9.82. The summed E-state index contributed by atoms with van der Waals surface area (Å²) >= 11 is 0. The molecular weight excluding hydrogens is 382 g/mol. The lowest BCUT2D eigenvalue weighted by Gasteiger charge is -2.37. The fraction of sp³-hybridized carbons (Fsp3) is 0.250. The van der Waals surface area contributed by atoms with Crippen LogP contribution >= 0.6 is 0 Å². The number of benzene rings is 1. The Labute approximate surface area is 172 Å². The highest BCUT2D eigenvalue weighted by molar-refractivity contribution is 5.92. The van der Waals surface area contributed by atoms with Crippen LogP contribution in [0.25, 0.3) is 33.6 Å². The van der Waals surface area contributed by atoms with E-state index in [1.54, 1.807) is 12.5 Å². The minimum absolute atomic E-state index is 0.0203. The third kappa shape index (κ3) is 2.71. The van der Waals surface area contributed by atoms with Gasteiger partial charge in [-0.1, -0.05) is 32.9 Å². The molecule has 1 N–H and O–H groups in total. The van der Waals surface area contributed by atoms with Crippen LogP contribution in [0.1, 0.15) is 42.7 Å². The number of hydrogen-bond acceptors (Lipinski definition) is 4. The Bertz CT molecular complexity index is 1350. The molecule has 0 aliphatic carbocycles. The van der Waals surface area contributed by atoms with Crippen LogP contribution in [0, 0.1) is 5.41 Å². The van der Waals surface area contributed by atoms with E-state index in [-0.39, 0.29) is 17.0 Å². The number of aromatic nitrogens is 1. The van der Waals surface area contributed by atoms with Gasteiger partial charge < -0.3 is 18.5 Å². The number of carbonyl (C=O) groups is 1. The van der Waals surface area contributed by atoms with Crippen molar-refractivity contribution in [2.24, 2.45) is 5.41 Å². The maximum atomic E-state index is 12.5. The van der Waals surface area contributed by atoms with Crippen molar-refractivity contribution in [3.05, 3.63) is 70.4 Å². The number of hydrogen-bond donors (Lipinski definition) is 1. The topological polar surface area (TPSA) is 85.6 Å². The van der Waals surface area contributed by atoms with E-state index in [0.717, 1.165) is 27.7 Å². The molecule has 30 heavy (non-hydrogen) atoms. The summed E-state index contributed by atoms with van der Waals surface area (Å²) in [7, 11) is 0. The predicted molar refractivity (Wildman–Crippen MR) is 113 cm³/mol. The van der Waals surface area contributed by atoms with Gasteiger partial charge in [-0.05, 0) is 29.5 Å². The van der Waals surface area contributed by atoms with Gasteiger partial charge in [0.05, 0.1) is 18.2 Å². The van der Waals surface area contributed by atoms with E-state index < -0.39 is 11.4 Å². The number of fused-ring (bicyclic) bond motifs is 5. The minimum atomic E-state index is -1.22. The Morgan fingerprint density at radius 3 is 2.63 bits per heavy atom. The standard InChI is InChI=1S/C24H21NO5/c1-24(2,3)21-9-16-15-5-4-13(14-6-7-29-12-14)8-20(15)30-22(16)18-10-19(26)17(23(27)28)11-25(18)21/h4-8,10-12,21H,9H2,1-3H3,(H,27,28)/t21-/m1/s1. The highest BCUT2D eigenvalue weighted by Gasteiger charge is 2.36. The summed E-state index contributed by atoms with van der Waals surface area (Å²) in [6.07, 6.45) is 5.46. The first kappa shape index (κ1) is 18.5. The zero-order valence-corrected chi connectivity index (χ0v) is 16.9. The molecule has 5 rings (SSSR count). The number of rotatable bonds is 2. The second-order valence-corrected chi connectivity index (χ2v) is 8.87. The van der Waals surface area contributed by atoms with Crippen molar-refractivity contribution < 1.29 is 18.7 Å². The molecule has 0 saturated carbocycles. The zero-order chi connectivity index (χ0) is 21.2. The highest BCUT2D eigenvalue weighted by atomic mass is 16.4. The van der Waals surface area contributed by atoms with Gasteiger partial charge in [-0.3, -0.25) is 4.79 Å². The third-order valence-electron chi connectivity index (χ3n) is 5.92. The smallest absolute Gasteiger partial charge is 0.341 e. The molecule has 1 atom stereocenters. The third-order valence-corrected chi connectivity index (χ3v) is 5.92. The maximum absolute atomic E-state index is 12.5. The number of carboxylic acids is 1. The summed E-state index contributed by atoms with van der Waals surface area (Å²) in [6, 6.07) is 9.30. The van der Waals surface area contributed by atoms with Crippen LogP contribution in [0.3, 0.4) is 0 Å². The van der Waals surface area contributed by atoms with Crippen molar-refractivity contribution in [3.63, 3.8) is 0 Å². The normalized spacial score (nSPS) is 15.8. The quantitative estimate of drug-likeness (QED) is 0.487. The molecular formula is C24H21NO5. The van der Waals surface area contributed by atoms with Crippen molar-refractivity contribution in [1.82, 2.24) is 4.57 Å². The Morgan fingerprint density at radius 2 is 1.97 bits per heavy atom. The van der Waals surface area contributed by atoms with E-state index in [9.17, 15) is 14.7 Å². The second kappa shape index (κ2) is 6.23. The van der Waals surface area contributed by atoms with Crippen molar-refractivity contribution in [2.45, 2.75) is 33.2 Å². The van der Waals surface area contributed by atoms with Gasteiger partial charge in [0, 0.05) is 34.8 Å². The van der Waals surface area contributed by atoms with Crippen LogP contribution < -0.4 is 5.43 Å². The summed E-state index contributed by atoms with van der Waals surface area (Å²) < 4.78 is 13.3. The molecule has 4 aromatic rings. The molecule has 6 heteroatoms. The van der Waals surface area contributed by atoms with E-state index >= 15 is 0 Å². The molecule has 1 aliphatic rings. The summed E-state index contributed by atoms with van der Waals surface area (Å²) in [5.74, 6) is -0.591. The first-order valence-electron chi connectivity index (χ1n) is 9.82. The predicted octanol–water partition coefficient (Wildman–Crippen LogP) is 5.36. The van der Waals surface area contributed by atoms with Crippen LogP contribution in [0.2, 0.25) is 0 Å². The Kier molecular flexibility index (Phi) is 3.84. The van der Waals surface area contributed by atoms with Gasteiger partial charge in [-0.2, -0.15) is 0 Å². The lowest BCUT2D eigenvalue weighted by atomic mass is 9.79. The minimum Gasteiger partial charge on any atom is -0.477 e. The molecule has 0 radical (unpaired) electrons. The van der Waals surface area contributed by atoms with Crippen molar-refractivity contribution in [2.75, 3.05) is 0 Å². The number of carboxylic acid groups (broad SMARTS) is 1. The summed E-state index contributed by atoms with van der Waals surface area (Å²) in [5.41, 5.74) is 3.43. The SMILES string of the molecule is CC(C)(C)[C@H]1Cc2c(oc3cc(-c4ccoc4)ccc23)-c2cc(=O)c(C(=O)O)cn21. The largest absolute Gasteiger partial charge is 0.477 e. The second-order valence-electron chi connectivity index (χ2n) is 8.87. The van der Waals surface area contributed by atoms with Crippen LogP contribution in [0.15, 0.2) is 62.7 Å². The van der Waals surface area contributed by atoms with Crippen LogP contribution in [0.5, 0.6) is 0 Å². The van der Waals surface area contributed by atoms with Gasteiger partial charge in [-0.25, -0.2) is 4.79 Å². The summed E-state index contributed by atoms with van der Waals surface area (Å²) in [5, 5.41) is 10.4. The van der Waals surface area contributed by atoms with E-state index in [1.165, 1.54) is 12.3 Å². The number of aromatic carboxylic acids is 1. The molecule has 3 aromatic heterocycles. The average Bonchev–Trinajstić information content (AvgIpc) is 3.33. The van der Waals surface area contributed by atoms with Gasteiger partial charge in [0.2, 0.25) is 0 Å². The first-order chi connectivity index (χ1) is 14.2. The fourth-order valence-corrected chi connectivity index (χ4v) is 4.33. The molecule has 1 aromatic carbocycles. The molecule has 6 nitrogen and oxygen atoms in total. The fourth-order valence-electron chi connectivity index (χ4n) is 4.33.